The van der Waals surface area contributed by atoms with Crippen LogP contribution in [0.4, 0.5) is 0 Å². The zero-order chi connectivity index (χ0) is 13.7. The third kappa shape index (κ3) is 3.59. The molecule has 18 heavy (non-hydrogen) atoms. The molecule has 0 spiro atoms. The molecule has 0 aromatic carbocycles. The molecule has 0 saturated heterocycles. The number of carboxylic acid groups (broad SMARTS) is 1. The molecule has 1 unspecified atom stereocenters. The van der Waals surface area contributed by atoms with E-state index in [0.29, 0.717) is 24.6 Å². The van der Waals surface area contributed by atoms with Crippen LogP contribution in [-0.2, 0) is 11.3 Å². The summed E-state index contributed by atoms with van der Waals surface area (Å²) in [6.45, 7) is 6.07. The fourth-order valence-corrected chi connectivity index (χ4v) is 1.52. The van der Waals surface area contributed by atoms with Gasteiger partial charge in [-0.3, -0.25) is 10.1 Å². The van der Waals surface area contributed by atoms with Gasteiger partial charge in [0.2, 0.25) is 5.91 Å². The minimum atomic E-state index is -1.01. The van der Waals surface area contributed by atoms with E-state index in [0.717, 1.165) is 0 Å². The van der Waals surface area contributed by atoms with Crippen LogP contribution >= 0.6 is 0 Å². The van der Waals surface area contributed by atoms with Gasteiger partial charge < -0.3 is 14.8 Å². The lowest BCUT2D eigenvalue weighted by molar-refractivity contribution is -0.122. The summed E-state index contributed by atoms with van der Waals surface area (Å²) >= 11 is 0. The maximum absolute atomic E-state index is 11.4. The lowest BCUT2D eigenvalue weighted by Gasteiger charge is -2.11. The molecule has 1 amide bonds. The van der Waals surface area contributed by atoms with E-state index < -0.39 is 5.97 Å². The summed E-state index contributed by atoms with van der Waals surface area (Å²) in [7, 11) is 0. The van der Waals surface area contributed by atoms with Crippen molar-refractivity contribution in [2.24, 2.45) is 0 Å². The van der Waals surface area contributed by atoms with Gasteiger partial charge in [-0.05, 0) is 26.8 Å². The molecule has 0 fully saturated rings. The van der Waals surface area contributed by atoms with Gasteiger partial charge in [-0.1, -0.05) is 0 Å². The van der Waals surface area contributed by atoms with Gasteiger partial charge in [0.05, 0.1) is 12.6 Å². The number of aromatic carboxylic acids is 1. The molecule has 1 rings (SSSR count). The minimum Gasteiger partial charge on any atom is -0.478 e. The highest BCUT2D eigenvalue weighted by atomic mass is 16.4. The maximum atomic E-state index is 11.4. The Morgan fingerprint density at radius 2 is 2.17 bits per heavy atom. The van der Waals surface area contributed by atoms with Crippen molar-refractivity contribution in [1.82, 2.24) is 10.6 Å². The number of furan rings is 1. The topological polar surface area (TPSA) is 91.6 Å². The van der Waals surface area contributed by atoms with Crippen LogP contribution in [0.2, 0.25) is 0 Å². The smallest absolute Gasteiger partial charge is 0.339 e. The van der Waals surface area contributed by atoms with Crippen LogP contribution in [0.25, 0.3) is 0 Å². The van der Waals surface area contributed by atoms with E-state index in [9.17, 15) is 9.59 Å². The number of carbonyl (C=O) groups excluding carboxylic acids is 1. The lowest BCUT2D eigenvalue weighted by Crippen LogP contribution is -2.41. The van der Waals surface area contributed by atoms with Gasteiger partial charge in [-0.2, -0.15) is 0 Å². The number of aryl methyl sites for hydroxylation is 1. The van der Waals surface area contributed by atoms with Gasteiger partial charge in [0.25, 0.3) is 0 Å². The monoisotopic (exact) mass is 254 g/mol. The van der Waals surface area contributed by atoms with Crippen molar-refractivity contribution in [1.29, 1.82) is 0 Å². The SMILES string of the molecule is CCNC(=O)C(C)NCc1cc(C(=O)O)c(C)o1. The zero-order valence-electron chi connectivity index (χ0n) is 10.7. The average Bonchev–Trinajstić information content (AvgIpc) is 2.68. The first-order valence-electron chi connectivity index (χ1n) is 5.79. The summed E-state index contributed by atoms with van der Waals surface area (Å²) in [5, 5.41) is 14.5. The summed E-state index contributed by atoms with van der Waals surface area (Å²) in [5.74, 6) is -0.246. The Labute approximate surface area is 105 Å². The van der Waals surface area contributed by atoms with E-state index in [2.05, 4.69) is 10.6 Å². The van der Waals surface area contributed by atoms with Crippen molar-refractivity contribution < 1.29 is 19.1 Å². The molecule has 6 nitrogen and oxygen atoms in total. The molecule has 0 radical (unpaired) electrons. The predicted molar refractivity (Wildman–Crippen MR) is 65.4 cm³/mol. The van der Waals surface area contributed by atoms with Crippen LogP contribution in [0.3, 0.4) is 0 Å². The molecular formula is C12H18N2O4. The fraction of sp³-hybridized carbons (Fsp3) is 0.500. The summed E-state index contributed by atoms with van der Waals surface area (Å²) in [5.41, 5.74) is 0.150. The molecule has 0 aliphatic carbocycles. The quantitative estimate of drug-likeness (QED) is 0.701. The highest BCUT2D eigenvalue weighted by Gasteiger charge is 2.15. The van der Waals surface area contributed by atoms with Gasteiger partial charge in [0, 0.05) is 6.54 Å². The molecule has 0 saturated carbocycles. The number of rotatable bonds is 6. The summed E-state index contributed by atoms with van der Waals surface area (Å²) in [6, 6.07) is 1.11. The van der Waals surface area contributed by atoms with Gasteiger partial charge >= 0.3 is 5.97 Å². The van der Waals surface area contributed by atoms with Crippen LogP contribution in [0, 0.1) is 6.92 Å². The van der Waals surface area contributed by atoms with Crippen LogP contribution in [-0.4, -0.2) is 29.6 Å². The maximum Gasteiger partial charge on any atom is 0.339 e. The average molecular weight is 254 g/mol. The van der Waals surface area contributed by atoms with Crippen LogP contribution in [0.5, 0.6) is 0 Å². The largest absolute Gasteiger partial charge is 0.478 e. The molecule has 1 atom stereocenters. The minimum absolute atomic E-state index is 0.0979. The number of nitrogens with one attached hydrogen (secondary N) is 2. The molecule has 0 aliphatic rings. The van der Waals surface area contributed by atoms with Crippen LogP contribution < -0.4 is 10.6 Å². The number of amides is 1. The third-order valence-corrected chi connectivity index (χ3v) is 2.53. The normalized spacial score (nSPS) is 12.2. The van der Waals surface area contributed by atoms with Crippen molar-refractivity contribution in [2.45, 2.75) is 33.4 Å². The first kappa shape index (κ1) is 14.2. The molecular weight excluding hydrogens is 236 g/mol. The predicted octanol–water partition coefficient (Wildman–Crippen LogP) is 0.900. The van der Waals surface area contributed by atoms with Gasteiger partial charge in [-0.25, -0.2) is 4.79 Å². The molecule has 1 aromatic heterocycles. The zero-order valence-corrected chi connectivity index (χ0v) is 10.7. The van der Waals surface area contributed by atoms with E-state index in [-0.39, 0.29) is 17.5 Å². The Balaban J connectivity index is 2.56. The second kappa shape index (κ2) is 6.20. The van der Waals surface area contributed by atoms with Gasteiger partial charge in [-0.15, -0.1) is 0 Å². The first-order valence-corrected chi connectivity index (χ1v) is 5.79. The fourth-order valence-electron chi connectivity index (χ4n) is 1.52. The standard InChI is InChI=1S/C12H18N2O4/c1-4-13-11(15)7(2)14-6-9-5-10(12(16)17)8(3)18-9/h5,7,14H,4,6H2,1-3H3,(H,13,15)(H,16,17). The van der Waals surface area contributed by atoms with Crippen molar-refractivity contribution in [2.75, 3.05) is 6.54 Å². The second-order valence-corrected chi connectivity index (χ2v) is 3.98. The molecule has 1 aromatic rings. The number of likely N-dealkylation sites (N-methyl/N-ethyl adjacent to an activating group) is 1. The molecule has 0 aliphatic heterocycles. The molecule has 6 heteroatoms. The van der Waals surface area contributed by atoms with Crippen LogP contribution in [0.1, 0.15) is 35.7 Å². The van der Waals surface area contributed by atoms with Crippen molar-refractivity contribution >= 4 is 11.9 Å². The van der Waals surface area contributed by atoms with E-state index >= 15 is 0 Å². The van der Waals surface area contributed by atoms with E-state index in [1.807, 2.05) is 6.92 Å². The number of hydrogen-bond donors (Lipinski definition) is 3. The van der Waals surface area contributed by atoms with Crippen molar-refractivity contribution in [3.05, 3.63) is 23.2 Å². The van der Waals surface area contributed by atoms with E-state index in [1.54, 1.807) is 13.8 Å². The summed E-state index contributed by atoms with van der Waals surface area (Å²) in [4.78, 5) is 22.3. The Morgan fingerprint density at radius 3 is 2.67 bits per heavy atom. The lowest BCUT2D eigenvalue weighted by atomic mass is 10.2. The highest BCUT2D eigenvalue weighted by molar-refractivity contribution is 5.88. The summed E-state index contributed by atoms with van der Waals surface area (Å²) < 4.78 is 5.29. The Bertz CT molecular complexity index is 439. The van der Waals surface area contributed by atoms with Crippen molar-refractivity contribution in [3.8, 4) is 0 Å². The van der Waals surface area contributed by atoms with Crippen molar-refractivity contribution in [3.63, 3.8) is 0 Å². The van der Waals surface area contributed by atoms with Crippen LogP contribution in [0.15, 0.2) is 10.5 Å². The molecule has 0 bridgehead atoms. The van der Waals surface area contributed by atoms with E-state index in [4.69, 9.17) is 9.52 Å². The molecule has 100 valence electrons. The Morgan fingerprint density at radius 1 is 1.50 bits per heavy atom. The first-order chi connectivity index (χ1) is 8.45. The molecule has 1 heterocycles. The van der Waals surface area contributed by atoms with Gasteiger partial charge in [0.15, 0.2) is 0 Å². The number of carbonyl (C=O) groups is 2. The second-order valence-electron chi connectivity index (χ2n) is 3.98. The Kier molecular flexibility index (Phi) is 4.91. The molecule has 3 N–H and O–H groups in total. The number of hydrogen-bond acceptors (Lipinski definition) is 4. The van der Waals surface area contributed by atoms with Gasteiger partial charge in [0.1, 0.15) is 17.1 Å². The van der Waals surface area contributed by atoms with E-state index in [1.165, 1.54) is 6.07 Å². The number of carboxylic acids is 1. The third-order valence-electron chi connectivity index (χ3n) is 2.53. The highest BCUT2D eigenvalue weighted by Crippen LogP contribution is 2.14. The summed E-state index contributed by atoms with van der Waals surface area (Å²) in [6.07, 6.45) is 0. The Hall–Kier alpha value is -1.82.